The molecule has 2 aromatic rings. The Kier molecular flexibility index (Phi) is 8.52. The van der Waals surface area contributed by atoms with Crippen molar-refractivity contribution in [2.24, 2.45) is 5.92 Å². The van der Waals surface area contributed by atoms with Gasteiger partial charge in [0, 0.05) is 52.2 Å². The zero-order valence-electron chi connectivity index (χ0n) is 19.2. The summed E-state index contributed by atoms with van der Waals surface area (Å²) in [5.74, 6) is 1.00. The first-order chi connectivity index (χ1) is 15.8. The predicted molar refractivity (Wildman–Crippen MR) is 132 cm³/mol. The number of amides is 1. The number of rotatable bonds is 8. The average Bonchev–Trinajstić information content (AvgIpc) is 2.85. The molecule has 0 radical (unpaired) electrons. The second-order valence-corrected chi connectivity index (χ2v) is 9.26. The average molecular weight is 432 g/mol. The second-order valence-electron chi connectivity index (χ2n) is 9.26. The van der Waals surface area contributed by atoms with E-state index in [-0.39, 0.29) is 0 Å². The summed E-state index contributed by atoms with van der Waals surface area (Å²) in [4.78, 5) is 19.9. The number of hydrogen-bond acceptors (Lipinski definition) is 3. The molecule has 1 atom stereocenters. The molecule has 4 rings (SSSR count). The van der Waals surface area contributed by atoms with Gasteiger partial charge >= 0.3 is 0 Å². The Hall–Kier alpha value is -2.43. The highest BCUT2D eigenvalue weighted by Crippen LogP contribution is 2.22. The number of benzene rings is 2. The van der Waals surface area contributed by atoms with Crippen LogP contribution >= 0.6 is 0 Å². The Bertz CT molecular complexity index is 843. The molecule has 2 aromatic carbocycles. The molecule has 0 N–H and O–H groups in total. The summed E-state index contributed by atoms with van der Waals surface area (Å²) in [7, 11) is 0. The lowest BCUT2D eigenvalue weighted by Gasteiger charge is -2.35. The van der Waals surface area contributed by atoms with Crippen molar-refractivity contribution in [2.75, 3.05) is 45.8 Å². The first kappa shape index (κ1) is 22.8. The third-order valence-electron chi connectivity index (χ3n) is 6.82. The van der Waals surface area contributed by atoms with Crippen molar-refractivity contribution in [3.05, 3.63) is 77.9 Å². The number of likely N-dealkylation sites (tertiary alicyclic amines) is 1. The van der Waals surface area contributed by atoms with Crippen LogP contribution in [0.3, 0.4) is 0 Å². The smallest absolute Gasteiger partial charge is 0.222 e. The Morgan fingerprint density at radius 3 is 2.34 bits per heavy atom. The SMILES string of the molecule is O=C(CC[C@H]1CCCN(C/C=C/c2ccccc2)C1)N1CCN(Cc2ccccc2)CC1. The molecule has 2 saturated heterocycles. The van der Waals surface area contributed by atoms with E-state index < -0.39 is 0 Å². The fraction of sp³-hybridized carbons (Fsp3) is 0.464. The van der Waals surface area contributed by atoms with E-state index in [4.69, 9.17) is 0 Å². The van der Waals surface area contributed by atoms with E-state index in [0.29, 0.717) is 18.2 Å². The zero-order valence-corrected chi connectivity index (χ0v) is 19.2. The molecular weight excluding hydrogens is 394 g/mol. The van der Waals surface area contributed by atoms with Crippen LogP contribution in [0.15, 0.2) is 66.7 Å². The molecule has 0 spiro atoms. The first-order valence-electron chi connectivity index (χ1n) is 12.2. The van der Waals surface area contributed by atoms with Gasteiger partial charge < -0.3 is 4.90 Å². The molecule has 2 fully saturated rings. The van der Waals surface area contributed by atoms with E-state index in [2.05, 4.69) is 87.5 Å². The van der Waals surface area contributed by atoms with Crippen molar-refractivity contribution in [2.45, 2.75) is 32.2 Å². The predicted octanol–water partition coefficient (Wildman–Crippen LogP) is 4.54. The van der Waals surface area contributed by atoms with Crippen LogP contribution in [-0.2, 0) is 11.3 Å². The highest BCUT2D eigenvalue weighted by molar-refractivity contribution is 5.76. The maximum absolute atomic E-state index is 12.8. The van der Waals surface area contributed by atoms with Gasteiger partial charge in [0.05, 0.1) is 0 Å². The molecule has 2 heterocycles. The summed E-state index contributed by atoms with van der Waals surface area (Å²) in [6.45, 7) is 7.98. The monoisotopic (exact) mass is 431 g/mol. The highest BCUT2D eigenvalue weighted by atomic mass is 16.2. The van der Waals surface area contributed by atoms with Gasteiger partial charge in [-0.05, 0) is 42.9 Å². The largest absolute Gasteiger partial charge is 0.340 e. The van der Waals surface area contributed by atoms with Crippen LogP contribution < -0.4 is 0 Å². The van der Waals surface area contributed by atoms with Crippen LogP contribution in [0.1, 0.15) is 36.8 Å². The molecule has 0 aromatic heterocycles. The Morgan fingerprint density at radius 1 is 0.875 bits per heavy atom. The van der Waals surface area contributed by atoms with E-state index in [1.165, 1.54) is 30.5 Å². The normalized spacial score (nSPS) is 20.6. The number of nitrogens with zero attached hydrogens (tertiary/aromatic N) is 3. The summed E-state index contributed by atoms with van der Waals surface area (Å²) in [6.07, 6.45) is 8.73. The van der Waals surface area contributed by atoms with Gasteiger partial charge in [0.15, 0.2) is 0 Å². The van der Waals surface area contributed by atoms with Gasteiger partial charge in [0.25, 0.3) is 0 Å². The molecule has 4 nitrogen and oxygen atoms in total. The lowest BCUT2D eigenvalue weighted by Crippen LogP contribution is -2.48. The molecule has 1 amide bonds. The van der Waals surface area contributed by atoms with Crippen molar-refractivity contribution < 1.29 is 4.79 Å². The van der Waals surface area contributed by atoms with Crippen molar-refractivity contribution in [3.8, 4) is 0 Å². The van der Waals surface area contributed by atoms with Gasteiger partial charge in [-0.2, -0.15) is 0 Å². The molecule has 2 aliphatic heterocycles. The molecule has 0 saturated carbocycles. The van der Waals surface area contributed by atoms with Crippen molar-refractivity contribution in [1.29, 1.82) is 0 Å². The van der Waals surface area contributed by atoms with Crippen molar-refractivity contribution >= 4 is 12.0 Å². The lowest BCUT2D eigenvalue weighted by molar-refractivity contribution is -0.133. The van der Waals surface area contributed by atoms with E-state index in [9.17, 15) is 4.79 Å². The van der Waals surface area contributed by atoms with Gasteiger partial charge in [-0.15, -0.1) is 0 Å². The number of piperidine rings is 1. The third-order valence-corrected chi connectivity index (χ3v) is 6.82. The number of carbonyl (C=O) groups is 1. The second kappa shape index (κ2) is 12.0. The number of piperazine rings is 1. The van der Waals surface area contributed by atoms with Crippen LogP contribution in [0, 0.1) is 5.92 Å². The van der Waals surface area contributed by atoms with Gasteiger partial charge in [0.1, 0.15) is 0 Å². The minimum absolute atomic E-state index is 0.352. The molecule has 4 heteroatoms. The number of hydrogen-bond donors (Lipinski definition) is 0. The summed E-state index contributed by atoms with van der Waals surface area (Å²) < 4.78 is 0. The summed E-state index contributed by atoms with van der Waals surface area (Å²) >= 11 is 0. The Balaban J connectivity index is 1.14. The van der Waals surface area contributed by atoms with E-state index in [1.807, 2.05) is 0 Å². The Morgan fingerprint density at radius 2 is 1.59 bits per heavy atom. The molecule has 2 aliphatic rings. The maximum atomic E-state index is 12.8. The van der Waals surface area contributed by atoms with Crippen molar-refractivity contribution in [3.63, 3.8) is 0 Å². The lowest BCUT2D eigenvalue weighted by atomic mass is 9.93. The fourth-order valence-electron chi connectivity index (χ4n) is 4.94. The minimum Gasteiger partial charge on any atom is -0.340 e. The molecule has 0 bridgehead atoms. The molecule has 0 unspecified atom stereocenters. The van der Waals surface area contributed by atoms with Gasteiger partial charge in [-0.25, -0.2) is 0 Å². The fourth-order valence-corrected chi connectivity index (χ4v) is 4.94. The standard InChI is InChI=1S/C28H37N3O/c32-28(31-21-19-30(20-22-31)23-26-11-5-2-6-12-26)16-15-27-14-8-18-29(24-27)17-7-13-25-9-3-1-4-10-25/h1-7,9-13,27H,8,14-24H2/b13-7+/t27-/m1/s1. The molecule has 0 aliphatic carbocycles. The summed E-state index contributed by atoms with van der Waals surface area (Å²) in [5, 5.41) is 0. The van der Waals surface area contributed by atoms with Crippen LogP contribution in [0.25, 0.3) is 6.08 Å². The van der Waals surface area contributed by atoms with Gasteiger partial charge in [-0.1, -0.05) is 72.8 Å². The van der Waals surface area contributed by atoms with E-state index in [1.54, 1.807) is 0 Å². The molecule has 170 valence electrons. The quantitative estimate of drug-likeness (QED) is 0.614. The van der Waals surface area contributed by atoms with Gasteiger partial charge in [0.2, 0.25) is 5.91 Å². The van der Waals surface area contributed by atoms with Gasteiger partial charge in [-0.3, -0.25) is 14.6 Å². The van der Waals surface area contributed by atoms with Crippen LogP contribution in [0.5, 0.6) is 0 Å². The van der Waals surface area contributed by atoms with Crippen LogP contribution in [-0.4, -0.2) is 66.4 Å². The maximum Gasteiger partial charge on any atom is 0.222 e. The molecular formula is C28H37N3O. The Labute approximate surface area is 193 Å². The topological polar surface area (TPSA) is 26.8 Å². The molecule has 32 heavy (non-hydrogen) atoms. The van der Waals surface area contributed by atoms with Crippen LogP contribution in [0.4, 0.5) is 0 Å². The van der Waals surface area contributed by atoms with Crippen molar-refractivity contribution in [1.82, 2.24) is 14.7 Å². The van der Waals surface area contributed by atoms with E-state index in [0.717, 1.165) is 52.2 Å². The van der Waals surface area contributed by atoms with E-state index >= 15 is 0 Å². The highest BCUT2D eigenvalue weighted by Gasteiger charge is 2.24. The third kappa shape index (κ3) is 7.04. The first-order valence-corrected chi connectivity index (χ1v) is 12.2. The summed E-state index contributed by atoms with van der Waals surface area (Å²) in [5.41, 5.74) is 2.61. The number of carbonyl (C=O) groups excluding carboxylic acids is 1. The minimum atomic E-state index is 0.352. The zero-order chi connectivity index (χ0) is 22.0. The summed E-state index contributed by atoms with van der Waals surface area (Å²) in [6, 6.07) is 21.1. The van der Waals surface area contributed by atoms with Crippen LogP contribution in [0.2, 0.25) is 0 Å².